The highest BCUT2D eigenvalue weighted by molar-refractivity contribution is 7.75. The SMILES string of the molecule is O=C1N=[S-](=O)CCC/C=C/[C@H](OCCN2CCOCC2)[C@@H]2CC[C@H]2CN2Cc3ccc(Cl)cc3CCCCOc3ccc1cc32. The van der Waals surface area contributed by atoms with E-state index in [0.717, 1.165) is 94.4 Å². The molecule has 244 valence electrons. The molecule has 0 spiro atoms. The molecule has 3 atom stereocenters. The fourth-order valence-electron chi connectivity index (χ4n) is 6.80. The van der Waals surface area contributed by atoms with E-state index in [9.17, 15) is 9.00 Å². The summed E-state index contributed by atoms with van der Waals surface area (Å²) in [6.45, 7) is 7.12. The highest BCUT2D eigenvalue weighted by Gasteiger charge is 2.38. The number of hydrogen-bond donors (Lipinski definition) is 0. The lowest BCUT2D eigenvalue weighted by atomic mass is 9.70. The van der Waals surface area contributed by atoms with E-state index in [1.54, 1.807) is 6.07 Å². The molecule has 2 aromatic rings. The van der Waals surface area contributed by atoms with Crippen LogP contribution in [0.2, 0.25) is 5.02 Å². The van der Waals surface area contributed by atoms with Gasteiger partial charge in [-0.05, 0) is 91.8 Å². The van der Waals surface area contributed by atoms with E-state index in [4.69, 9.17) is 25.8 Å². The second kappa shape index (κ2) is 15.9. The van der Waals surface area contributed by atoms with Gasteiger partial charge in [0, 0.05) is 43.3 Å². The van der Waals surface area contributed by atoms with Crippen LogP contribution >= 0.6 is 11.6 Å². The molecule has 6 rings (SSSR count). The summed E-state index contributed by atoms with van der Waals surface area (Å²) in [7, 11) is -1.58. The van der Waals surface area contributed by atoms with Crippen molar-refractivity contribution in [3.8, 4) is 5.75 Å². The molecule has 3 aliphatic heterocycles. The van der Waals surface area contributed by atoms with Crippen LogP contribution in [-0.2, 0) is 37.2 Å². The molecule has 2 aromatic carbocycles. The largest absolute Gasteiger partial charge is 0.491 e. The standard InChI is InChI=1S/C35H45ClN3O5S/c36-30-11-8-28-24-39-25-29-9-12-31(29)33(44-20-16-38-14-18-42-19-15-38)7-2-1-5-21-45(41)37-35(40)27-10-13-34(32(39)23-27)43-17-4-3-6-26(28)22-30/h2,7-8,10-11,13,22-23,29,31,33H,1,3-6,9,12,14-21,24-25H2/q-1/b7-2+/t29-,31+,33-/m0/s1. The van der Waals surface area contributed by atoms with Crippen molar-refractivity contribution in [1.29, 1.82) is 0 Å². The summed E-state index contributed by atoms with van der Waals surface area (Å²) >= 11 is 6.46. The molecule has 0 radical (unpaired) electrons. The van der Waals surface area contributed by atoms with Crippen LogP contribution in [0.25, 0.3) is 0 Å². The third-order valence-corrected chi connectivity index (χ3v) is 10.8. The van der Waals surface area contributed by atoms with Gasteiger partial charge < -0.3 is 27.7 Å². The number of carbonyl (C=O) groups excluding carboxylic acids is 1. The van der Waals surface area contributed by atoms with Gasteiger partial charge in [-0.1, -0.05) is 42.0 Å². The minimum absolute atomic E-state index is 0.0199. The van der Waals surface area contributed by atoms with Crippen LogP contribution in [0, 0.1) is 11.8 Å². The fraction of sp³-hybridized carbons (Fsp3) is 0.571. The summed E-state index contributed by atoms with van der Waals surface area (Å²) < 4.78 is 35.3. The van der Waals surface area contributed by atoms with Crippen LogP contribution in [0.3, 0.4) is 0 Å². The molecule has 0 unspecified atom stereocenters. The molecule has 0 N–H and O–H groups in total. The highest BCUT2D eigenvalue weighted by Crippen LogP contribution is 2.42. The lowest BCUT2D eigenvalue weighted by Gasteiger charge is -2.44. The van der Waals surface area contributed by atoms with E-state index in [0.29, 0.717) is 49.3 Å². The topological polar surface area (TPSA) is 80.7 Å². The zero-order chi connectivity index (χ0) is 31.0. The minimum atomic E-state index is -1.58. The van der Waals surface area contributed by atoms with Gasteiger partial charge in [0.25, 0.3) is 5.91 Å². The molecule has 10 heteroatoms. The summed E-state index contributed by atoms with van der Waals surface area (Å²) in [5.74, 6) is 1.47. The van der Waals surface area contributed by atoms with Crippen LogP contribution in [0.4, 0.5) is 5.69 Å². The maximum atomic E-state index is 13.2. The number of halogens is 1. The molecule has 1 amide bonds. The van der Waals surface area contributed by atoms with Crippen LogP contribution in [0.5, 0.6) is 5.75 Å². The summed E-state index contributed by atoms with van der Waals surface area (Å²) in [5, 5.41) is 0.749. The third-order valence-electron chi connectivity index (χ3n) is 9.55. The van der Waals surface area contributed by atoms with Crippen molar-refractivity contribution in [2.24, 2.45) is 16.2 Å². The second-order valence-corrected chi connectivity index (χ2v) is 14.2. The first kappa shape index (κ1) is 32.5. The molecule has 1 saturated carbocycles. The average molecular weight is 655 g/mol. The van der Waals surface area contributed by atoms with Gasteiger partial charge in [0.05, 0.1) is 38.2 Å². The number of nitrogens with zero attached hydrogens (tertiary/aromatic N) is 3. The number of aryl methyl sites for hydroxylation is 1. The number of benzene rings is 2. The Morgan fingerprint density at radius 1 is 1.02 bits per heavy atom. The number of hydrogen-bond acceptors (Lipinski definition) is 8. The zero-order valence-electron chi connectivity index (χ0n) is 26.0. The van der Waals surface area contributed by atoms with Gasteiger partial charge in [0.1, 0.15) is 5.75 Å². The summed E-state index contributed by atoms with van der Waals surface area (Å²) in [4.78, 5) is 18.0. The number of allylic oxidation sites excluding steroid dienone is 1. The zero-order valence-corrected chi connectivity index (χ0v) is 27.6. The van der Waals surface area contributed by atoms with E-state index in [1.165, 1.54) is 11.1 Å². The van der Waals surface area contributed by atoms with Gasteiger partial charge in [-0.25, -0.2) is 0 Å². The number of carbonyl (C=O) groups is 1. The summed E-state index contributed by atoms with van der Waals surface area (Å²) in [6.07, 6.45) is 11.0. The van der Waals surface area contributed by atoms with Crippen molar-refractivity contribution in [3.05, 3.63) is 70.3 Å². The molecule has 8 nitrogen and oxygen atoms in total. The van der Waals surface area contributed by atoms with E-state index in [-0.39, 0.29) is 6.10 Å². The molecule has 1 aliphatic carbocycles. The van der Waals surface area contributed by atoms with E-state index in [1.807, 2.05) is 18.2 Å². The van der Waals surface area contributed by atoms with Crippen molar-refractivity contribution in [3.63, 3.8) is 0 Å². The Hall–Kier alpha value is -2.43. The van der Waals surface area contributed by atoms with Crippen LogP contribution in [0.15, 0.2) is 52.9 Å². The van der Waals surface area contributed by atoms with E-state index >= 15 is 0 Å². The minimum Gasteiger partial charge on any atom is -0.491 e. The first-order valence-corrected chi connectivity index (χ1v) is 18.2. The van der Waals surface area contributed by atoms with Gasteiger partial charge in [-0.15, -0.1) is 0 Å². The van der Waals surface area contributed by atoms with Crippen LogP contribution in [-0.4, -0.2) is 75.3 Å². The number of ether oxygens (including phenoxy) is 3. The number of fused-ring (bicyclic) bond motifs is 3. The Bertz CT molecular complexity index is 1440. The number of anilines is 1. The monoisotopic (exact) mass is 654 g/mol. The van der Waals surface area contributed by atoms with Crippen molar-refractivity contribution in [2.75, 3.05) is 63.3 Å². The highest BCUT2D eigenvalue weighted by atomic mass is 35.5. The number of rotatable bonds is 4. The molecule has 1 saturated heterocycles. The predicted molar refractivity (Wildman–Crippen MR) is 179 cm³/mol. The van der Waals surface area contributed by atoms with Gasteiger partial charge in [-0.3, -0.25) is 9.69 Å². The summed E-state index contributed by atoms with van der Waals surface area (Å²) in [5.41, 5.74) is 3.80. The molecule has 45 heavy (non-hydrogen) atoms. The second-order valence-electron chi connectivity index (χ2n) is 12.6. The van der Waals surface area contributed by atoms with Gasteiger partial charge in [0.2, 0.25) is 0 Å². The normalized spacial score (nSPS) is 26.3. The molecular formula is C35H45ClN3O5S-. The van der Waals surface area contributed by atoms with E-state index < -0.39 is 16.5 Å². The van der Waals surface area contributed by atoms with Crippen molar-refractivity contribution in [1.82, 2.24) is 4.90 Å². The molecular weight excluding hydrogens is 610 g/mol. The first-order valence-electron chi connectivity index (χ1n) is 16.6. The lowest BCUT2D eigenvalue weighted by Crippen LogP contribution is -2.44. The Morgan fingerprint density at radius 2 is 1.91 bits per heavy atom. The Balaban J connectivity index is 1.33. The average Bonchev–Trinajstić information content (AvgIpc) is 3.05. The van der Waals surface area contributed by atoms with Gasteiger partial charge in [0.15, 0.2) is 0 Å². The van der Waals surface area contributed by atoms with Crippen molar-refractivity contribution in [2.45, 2.75) is 57.6 Å². The van der Waals surface area contributed by atoms with Gasteiger partial charge in [-0.2, -0.15) is 10.6 Å². The maximum absolute atomic E-state index is 13.2. The quantitative estimate of drug-likeness (QED) is 0.277. The lowest BCUT2D eigenvalue weighted by molar-refractivity contribution is -0.0314. The molecule has 4 aliphatic rings. The van der Waals surface area contributed by atoms with Crippen molar-refractivity contribution >= 4 is 33.8 Å². The predicted octanol–water partition coefficient (Wildman–Crippen LogP) is 6.44. The Morgan fingerprint density at radius 3 is 2.76 bits per heavy atom. The summed E-state index contributed by atoms with van der Waals surface area (Å²) in [6, 6.07) is 11.7. The number of morpholine rings is 1. The third kappa shape index (κ3) is 8.69. The number of amides is 1. The maximum Gasteiger partial charge on any atom is 0.254 e. The Kier molecular flexibility index (Phi) is 11.5. The molecule has 2 bridgehead atoms. The first-order chi connectivity index (χ1) is 22.0. The smallest absolute Gasteiger partial charge is 0.254 e. The van der Waals surface area contributed by atoms with Crippen molar-refractivity contribution < 1.29 is 23.2 Å². The van der Waals surface area contributed by atoms with Crippen LogP contribution in [0.1, 0.15) is 60.0 Å². The van der Waals surface area contributed by atoms with Gasteiger partial charge >= 0.3 is 0 Å². The van der Waals surface area contributed by atoms with E-state index in [2.05, 4.69) is 38.4 Å². The fourth-order valence-corrected chi connectivity index (χ4v) is 7.79. The molecule has 0 aromatic heterocycles. The Labute approximate surface area is 274 Å². The molecule has 3 heterocycles. The van der Waals surface area contributed by atoms with Crippen LogP contribution < -0.4 is 9.64 Å². The molecule has 2 fully saturated rings.